The van der Waals surface area contributed by atoms with E-state index in [1.54, 1.807) is 0 Å². The Kier molecular flexibility index (Phi) is 9.48. The van der Waals surface area contributed by atoms with Crippen LogP contribution in [0, 0.1) is 0 Å². The highest BCUT2D eigenvalue weighted by molar-refractivity contribution is 5.02. The van der Waals surface area contributed by atoms with Gasteiger partial charge in [-0.2, -0.15) is 5.10 Å². The Balaban J connectivity index is 1.85. The number of fused-ring (bicyclic) bond motifs is 1. The van der Waals surface area contributed by atoms with Crippen molar-refractivity contribution < 1.29 is 0 Å². The third kappa shape index (κ3) is 6.58. The fourth-order valence-corrected chi connectivity index (χ4v) is 4.02. The van der Waals surface area contributed by atoms with Crippen LogP contribution < -0.4 is 0 Å². The van der Waals surface area contributed by atoms with Crippen molar-refractivity contribution in [3.63, 3.8) is 0 Å². The molecule has 2 heterocycles. The lowest BCUT2D eigenvalue weighted by atomic mass is 9.99. The maximum absolute atomic E-state index is 4.48. The van der Waals surface area contributed by atoms with Crippen LogP contribution in [-0.4, -0.2) is 27.3 Å². The predicted octanol–water partition coefficient (Wildman–Crippen LogP) is 5.79. The van der Waals surface area contributed by atoms with Gasteiger partial charge in [0.25, 0.3) is 0 Å². The zero-order valence-electron chi connectivity index (χ0n) is 16.2. The number of aryl methyl sites for hydroxylation is 1. The zero-order chi connectivity index (χ0) is 17.0. The summed E-state index contributed by atoms with van der Waals surface area (Å²) >= 11 is 0. The summed E-state index contributed by atoms with van der Waals surface area (Å²) in [5, 5.41) is 4.48. The van der Waals surface area contributed by atoms with Crippen molar-refractivity contribution in [2.75, 3.05) is 6.54 Å². The van der Waals surface area contributed by atoms with Crippen molar-refractivity contribution >= 4 is 0 Å². The predicted molar refractivity (Wildman–Crippen MR) is 103 cm³/mol. The molecule has 3 heteroatoms. The minimum atomic E-state index is 0.782. The van der Waals surface area contributed by atoms with Crippen molar-refractivity contribution in [3.05, 3.63) is 18.0 Å². The van der Waals surface area contributed by atoms with E-state index in [9.17, 15) is 0 Å². The Morgan fingerprint density at radius 2 is 1.58 bits per heavy atom. The summed E-state index contributed by atoms with van der Waals surface area (Å²) in [6, 6.07) is 3.00. The SMILES string of the molecule is CCCCCCCC(CCCCCC)N1CCCn2nccc2C1. The molecule has 1 aliphatic heterocycles. The molecule has 0 amide bonds. The van der Waals surface area contributed by atoms with E-state index < -0.39 is 0 Å². The van der Waals surface area contributed by atoms with Gasteiger partial charge in [-0.1, -0.05) is 71.6 Å². The number of hydrogen-bond acceptors (Lipinski definition) is 2. The molecule has 1 atom stereocenters. The molecule has 0 fully saturated rings. The van der Waals surface area contributed by atoms with Gasteiger partial charge in [0.15, 0.2) is 0 Å². The monoisotopic (exact) mass is 333 g/mol. The molecule has 0 radical (unpaired) electrons. The zero-order valence-corrected chi connectivity index (χ0v) is 16.2. The molecule has 1 unspecified atom stereocenters. The van der Waals surface area contributed by atoms with E-state index in [4.69, 9.17) is 0 Å². The number of nitrogens with zero attached hydrogens (tertiary/aromatic N) is 3. The van der Waals surface area contributed by atoms with Crippen LogP contribution in [0.5, 0.6) is 0 Å². The Bertz CT molecular complexity index is 426. The summed E-state index contributed by atoms with van der Waals surface area (Å²) in [6.07, 6.45) is 18.6. The first-order valence-electron chi connectivity index (χ1n) is 10.6. The van der Waals surface area contributed by atoms with Crippen LogP contribution in [0.25, 0.3) is 0 Å². The van der Waals surface area contributed by atoms with Gasteiger partial charge in [-0.3, -0.25) is 9.58 Å². The van der Waals surface area contributed by atoms with E-state index in [0.29, 0.717) is 0 Å². The van der Waals surface area contributed by atoms with Gasteiger partial charge in [-0.25, -0.2) is 0 Å². The molecule has 0 saturated heterocycles. The van der Waals surface area contributed by atoms with Gasteiger partial charge >= 0.3 is 0 Å². The first-order valence-corrected chi connectivity index (χ1v) is 10.6. The van der Waals surface area contributed by atoms with Crippen molar-refractivity contribution in [2.24, 2.45) is 0 Å². The molecule has 2 rings (SSSR count). The van der Waals surface area contributed by atoms with E-state index in [2.05, 4.69) is 34.6 Å². The second-order valence-electron chi connectivity index (χ2n) is 7.58. The molecule has 3 nitrogen and oxygen atoms in total. The third-order valence-electron chi connectivity index (χ3n) is 5.53. The van der Waals surface area contributed by atoms with E-state index >= 15 is 0 Å². The largest absolute Gasteiger partial charge is 0.295 e. The molecule has 0 bridgehead atoms. The van der Waals surface area contributed by atoms with Gasteiger partial charge in [0.2, 0.25) is 0 Å². The molecule has 1 aromatic rings. The Hall–Kier alpha value is -0.830. The van der Waals surface area contributed by atoms with Crippen molar-refractivity contribution in [1.82, 2.24) is 14.7 Å². The molecule has 0 N–H and O–H groups in total. The van der Waals surface area contributed by atoms with E-state index in [-0.39, 0.29) is 0 Å². The van der Waals surface area contributed by atoms with Crippen LogP contribution in [0.3, 0.4) is 0 Å². The maximum Gasteiger partial charge on any atom is 0.0524 e. The summed E-state index contributed by atoms with van der Waals surface area (Å²) in [4.78, 5) is 2.77. The quantitative estimate of drug-likeness (QED) is 0.451. The highest BCUT2D eigenvalue weighted by atomic mass is 15.3. The molecule has 0 saturated carbocycles. The maximum atomic E-state index is 4.48. The molecule has 1 aromatic heterocycles. The summed E-state index contributed by atoms with van der Waals surface area (Å²) < 4.78 is 2.22. The lowest BCUT2D eigenvalue weighted by Crippen LogP contribution is -2.35. The van der Waals surface area contributed by atoms with Crippen LogP contribution in [-0.2, 0) is 13.1 Å². The highest BCUT2D eigenvalue weighted by Crippen LogP contribution is 2.22. The number of rotatable bonds is 12. The Morgan fingerprint density at radius 3 is 2.29 bits per heavy atom. The molecular formula is C21H39N3. The van der Waals surface area contributed by atoms with Gasteiger partial charge in [-0.15, -0.1) is 0 Å². The molecule has 0 aromatic carbocycles. The molecule has 0 aliphatic carbocycles. The number of hydrogen-bond donors (Lipinski definition) is 0. The summed E-state index contributed by atoms with van der Waals surface area (Å²) in [5.41, 5.74) is 1.41. The molecule has 1 aliphatic rings. The first-order chi connectivity index (χ1) is 11.8. The molecule has 138 valence electrons. The minimum Gasteiger partial charge on any atom is -0.295 e. The van der Waals surface area contributed by atoms with Crippen molar-refractivity contribution in [1.29, 1.82) is 0 Å². The smallest absolute Gasteiger partial charge is 0.0524 e. The normalized spacial score (nSPS) is 16.8. The molecule has 0 spiro atoms. The summed E-state index contributed by atoms with van der Waals surface area (Å²) in [5.74, 6) is 0. The van der Waals surface area contributed by atoms with Crippen LogP contribution >= 0.6 is 0 Å². The van der Waals surface area contributed by atoms with Gasteiger partial charge < -0.3 is 0 Å². The second kappa shape index (κ2) is 11.7. The van der Waals surface area contributed by atoms with E-state index in [1.807, 2.05) is 6.20 Å². The summed E-state index contributed by atoms with van der Waals surface area (Å²) in [7, 11) is 0. The average Bonchev–Trinajstić information content (AvgIpc) is 2.93. The first kappa shape index (κ1) is 19.5. The van der Waals surface area contributed by atoms with E-state index in [0.717, 1.165) is 19.1 Å². The lowest BCUT2D eigenvalue weighted by Gasteiger charge is -2.30. The van der Waals surface area contributed by atoms with Crippen LogP contribution in [0.1, 0.15) is 96.6 Å². The van der Waals surface area contributed by atoms with E-state index in [1.165, 1.54) is 89.3 Å². The van der Waals surface area contributed by atoms with Gasteiger partial charge in [0.05, 0.1) is 5.69 Å². The van der Waals surface area contributed by atoms with Crippen molar-refractivity contribution in [2.45, 2.75) is 110 Å². The number of aromatic nitrogens is 2. The van der Waals surface area contributed by atoms with Crippen LogP contribution in [0.4, 0.5) is 0 Å². The second-order valence-corrected chi connectivity index (χ2v) is 7.58. The van der Waals surface area contributed by atoms with Gasteiger partial charge in [-0.05, 0) is 25.3 Å². The van der Waals surface area contributed by atoms with Gasteiger partial charge in [0.1, 0.15) is 0 Å². The van der Waals surface area contributed by atoms with Crippen molar-refractivity contribution in [3.8, 4) is 0 Å². The Labute approximate surface area is 149 Å². The third-order valence-corrected chi connectivity index (χ3v) is 5.53. The minimum absolute atomic E-state index is 0.782. The van der Waals surface area contributed by atoms with Crippen LogP contribution in [0.15, 0.2) is 12.3 Å². The standard InChI is InChI=1S/C21H39N3/c1-3-5-7-9-11-14-20(13-10-8-6-4-2)23-17-12-18-24-21(19-23)15-16-22-24/h15-16,20H,3-14,17-19H2,1-2H3. The molecular weight excluding hydrogens is 294 g/mol. The highest BCUT2D eigenvalue weighted by Gasteiger charge is 2.21. The fourth-order valence-electron chi connectivity index (χ4n) is 4.02. The Morgan fingerprint density at radius 1 is 0.917 bits per heavy atom. The van der Waals surface area contributed by atoms with Gasteiger partial charge in [0, 0.05) is 31.9 Å². The average molecular weight is 334 g/mol. The van der Waals surface area contributed by atoms with Crippen LogP contribution in [0.2, 0.25) is 0 Å². The topological polar surface area (TPSA) is 21.1 Å². The summed E-state index contributed by atoms with van der Waals surface area (Å²) in [6.45, 7) is 8.06. The molecule has 24 heavy (non-hydrogen) atoms. The fraction of sp³-hybridized carbons (Fsp3) is 0.857. The lowest BCUT2D eigenvalue weighted by molar-refractivity contribution is 0.164. The number of unbranched alkanes of at least 4 members (excludes halogenated alkanes) is 7.